The SMILES string of the molecule is O=C(O)N1CC(=O)N2CC3(CCN(Cc4ccccc4)CC3)NC2(CNS(=O)(=O)c2ccccc2[N+](=O)[O-])C1. The molecule has 2 amide bonds. The summed E-state index contributed by atoms with van der Waals surface area (Å²) >= 11 is 0. The van der Waals surface area contributed by atoms with Gasteiger partial charge in [0, 0.05) is 44.3 Å². The van der Waals surface area contributed by atoms with Gasteiger partial charge in [-0.15, -0.1) is 0 Å². The van der Waals surface area contributed by atoms with Crippen LogP contribution in [0.5, 0.6) is 0 Å². The van der Waals surface area contributed by atoms with Gasteiger partial charge in [0.15, 0.2) is 4.90 Å². The lowest BCUT2D eigenvalue weighted by Crippen LogP contribution is -2.71. The average Bonchev–Trinajstić information content (AvgIpc) is 3.24. The third kappa shape index (κ3) is 5.32. The number of nitro groups is 1. The molecule has 208 valence electrons. The third-order valence-corrected chi connectivity index (χ3v) is 9.24. The fraction of sp³-hybridized carbons (Fsp3) is 0.440. The average molecular weight is 559 g/mol. The molecule has 0 aromatic heterocycles. The summed E-state index contributed by atoms with van der Waals surface area (Å²) in [6.07, 6.45) is 0.0642. The van der Waals surface area contributed by atoms with Gasteiger partial charge in [0.2, 0.25) is 15.9 Å². The van der Waals surface area contributed by atoms with Crippen molar-refractivity contribution >= 4 is 27.7 Å². The molecule has 5 rings (SSSR count). The van der Waals surface area contributed by atoms with Gasteiger partial charge in [0.1, 0.15) is 12.2 Å². The normalized spacial score (nSPS) is 23.1. The summed E-state index contributed by atoms with van der Waals surface area (Å²) in [5.41, 5.74) is -1.25. The molecule has 2 aromatic carbocycles. The second-order valence-corrected chi connectivity index (χ2v) is 12.1. The number of rotatable bonds is 7. The molecule has 1 spiro atoms. The van der Waals surface area contributed by atoms with E-state index in [1.165, 1.54) is 17.7 Å². The maximum absolute atomic E-state index is 13.2. The van der Waals surface area contributed by atoms with Crippen molar-refractivity contribution in [1.29, 1.82) is 0 Å². The Morgan fingerprint density at radius 2 is 1.74 bits per heavy atom. The Morgan fingerprint density at radius 3 is 2.41 bits per heavy atom. The van der Waals surface area contributed by atoms with Crippen molar-refractivity contribution in [2.75, 3.05) is 39.3 Å². The number of hydrogen-bond acceptors (Lipinski definition) is 8. The van der Waals surface area contributed by atoms with Crippen molar-refractivity contribution in [1.82, 2.24) is 24.7 Å². The Labute approximate surface area is 225 Å². The van der Waals surface area contributed by atoms with E-state index in [1.54, 1.807) is 4.90 Å². The molecule has 3 heterocycles. The minimum atomic E-state index is -4.36. The smallest absolute Gasteiger partial charge is 0.407 e. The molecule has 0 radical (unpaired) electrons. The number of para-hydroxylation sites is 1. The number of nitrogens with one attached hydrogen (secondary N) is 2. The molecule has 3 aliphatic heterocycles. The van der Waals surface area contributed by atoms with Crippen molar-refractivity contribution < 1.29 is 28.0 Å². The zero-order valence-electron chi connectivity index (χ0n) is 21.2. The molecule has 3 fully saturated rings. The highest BCUT2D eigenvalue weighted by Gasteiger charge is 2.58. The highest BCUT2D eigenvalue weighted by atomic mass is 32.2. The monoisotopic (exact) mass is 558 g/mol. The van der Waals surface area contributed by atoms with Crippen LogP contribution in [0.3, 0.4) is 0 Å². The van der Waals surface area contributed by atoms with Crippen molar-refractivity contribution in [3.63, 3.8) is 0 Å². The summed E-state index contributed by atoms with van der Waals surface area (Å²) in [6.45, 7) is 1.75. The van der Waals surface area contributed by atoms with Crippen LogP contribution in [0, 0.1) is 10.1 Å². The van der Waals surface area contributed by atoms with Gasteiger partial charge in [-0.2, -0.15) is 0 Å². The summed E-state index contributed by atoms with van der Waals surface area (Å²) in [5, 5.41) is 24.6. The second kappa shape index (κ2) is 10.2. The number of sulfonamides is 1. The molecule has 3 aliphatic rings. The Kier molecular flexibility index (Phi) is 7.05. The minimum absolute atomic E-state index is 0.150. The Balaban J connectivity index is 1.38. The molecule has 0 saturated carbocycles. The largest absolute Gasteiger partial charge is 0.465 e. The zero-order chi connectivity index (χ0) is 27.8. The molecule has 14 heteroatoms. The van der Waals surface area contributed by atoms with E-state index in [2.05, 4.69) is 27.1 Å². The lowest BCUT2D eigenvalue weighted by molar-refractivity contribution is -0.387. The molecule has 1 unspecified atom stereocenters. The van der Waals surface area contributed by atoms with E-state index in [0.717, 1.165) is 36.7 Å². The van der Waals surface area contributed by atoms with Crippen molar-refractivity contribution in [3.8, 4) is 0 Å². The number of likely N-dealkylation sites (tertiary alicyclic amines) is 1. The quantitative estimate of drug-likeness (QED) is 0.332. The maximum Gasteiger partial charge on any atom is 0.407 e. The molecular weight excluding hydrogens is 528 g/mol. The van der Waals surface area contributed by atoms with Gasteiger partial charge < -0.3 is 10.0 Å². The molecule has 3 saturated heterocycles. The molecule has 39 heavy (non-hydrogen) atoms. The van der Waals surface area contributed by atoms with Crippen LogP contribution in [-0.4, -0.2) is 95.6 Å². The van der Waals surface area contributed by atoms with Gasteiger partial charge in [-0.1, -0.05) is 42.5 Å². The van der Waals surface area contributed by atoms with E-state index in [1.807, 2.05) is 18.2 Å². The van der Waals surface area contributed by atoms with Gasteiger partial charge in [0.25, 0.3) is 5.69 Å². The van der Waals surface area contributed by atoms with E-state index in [9.17, 15) is 33.2 Å². The Morgan fingerprint density at radius 1 is 1.08 bits per heavy atom. The number of nitrogens with zero attached hydrogens (tertiary/aromatic N) is 4. The number of nitro benzene ring substituents is 1. The minimum Gasteiger partial charge on any atom is -0.465 e. The highest BCUT2D eigenvalue weighted by Crippen LogP contribution is 2.37. The number of piperidine rings is 1. The maximum atomic E-state index is 13.2. The summed E-state index contributed by atoms with van der Waals surface area (Å²) in [4.78, 5) is 40.0. The third-order valence-electron chi connectivity index (χ3n) is 7.79. The van der Waals surface area contributed by atoms with Gasteiger partial charge in [0.05, 0.1) is 11.5 Å². The topological polar surface area (TPSA) is 165 Å². The van der Waals surface area contributed by atoms with Gasteiger partial charge in [-0.3, -0.25) is 30.0 Å². The number of piperazine rings is 1. The van der Waals surface area contributed by atoms with Crippen molar-refractivity contribution in [2.24, 2.45) is 0 Å². The summed E-state index contributed by atoms with van der Waals surface area (Å²) in [7, 11) is -4.36. The first kappa shape index (κ1) is 27.0. The van der Waals surface area contributed by atoms with Crippen LogP contribution in [0.1, 0.15) is 18.4 Å². The van der Waals surface area contributed by atoms with Gasteiger partial charge >= 0.3 is 6.09 Å². The number of carboxylic acid groups (broad SMARTS) is 1. The Hall–Kier alpha value is -3.59. The first-order chi connectivity index (χ1) is 18.5. The first-order valence-corrected chi connectivity index (χ1v) is 14.1. The van der Waals surface area contributed by atoms with Crippen LogP contribution in [-0.2, 0) is 21.4 Å². The lowest BCUT2D eigenvalue weighted by atomic mass is 9.88. The lowest BCUT2D eigenvalue weighted by Gasteiger charge is -2.46. The highest BCUT2D eigenvalue weighted by molar-refractivity contribution is 7.89. The van der Waals surface area contributed by atoms with Crippen molar-refractivity contribution in [3.05, 3.63) is 70.3 Å². The van der Waals surface area contributed by atoms with Gasteiger partial charge in [-0.05, 0) is 24.5 Å². The molecule has 3 N–H and O–H groups in total. The first-order valence-electron chi connectivity index (χ1n) is 12.6. The number of benzene rings is 2. The van der Waals surface area contributed by atoms with Crippen LogP contribution in [0.25, 0.3) is 0 Å². The van der Waals surface area contributed by atoms with Crippen LogP contribution in [0.2, 0.25) is 0 Å². The van der Waals surface area contributed by atoms with E-state index in [0.29, 0.717) is 19.4 Å². The molecule has 0 aliphatic carbocycles. The van der Waals surface area contributed by atoms with E-state index >= 15 is 0 Å². The molecular formula is C25H30N6O7S. The molecule has 1 atom stereocenters. The van der Waals surface area contributed by atoms with E-state index in [4.69, 9.17) is 0 Å². The van der Waals surface area contributed by atoms with E-state index < -0.39 is 48.7 Å². The fourth-order valence-electron chi connectivity index (χ4n) is 5.85. The molecule has 0 bridgehead atoms. The predicted molar refractivity (Wildman–Crippen MR) is 139 cm³/mol. The number of carbonyl (C=O) groups is 2. The van der Waals surface area contributed by atoms with Crippen LogP contribution in [0.4, 0.5) is 10.5 Å². The second-order valence-electron chi connectivity index (χ2n) is 10.4. The summed E-state index contributed by atoms with van der Waals surface area (Å²) < 4.78 is 28.8. The number of hydrogen-bond donors (Lipinski definition) is 3. The molecule has 13 nitrogen and oxygen atoms in total. The number of carbonyl (C=O) groups excluding carboxylic acids is 1. The predicted octanol–water partition coefficient (Wildman–Crippen LogP) is 1.03. The summed E-state index contributed by atoms with van der Waals surface area (Å²) in [5.74, 6) is -0.426. The van der Waals surface area contributed by atoms with Crippen LogP contribution >= 0.6 is 0 Å². The number of amides is 2. The van der Waals surface area contributed by atoms with Gasteiger partial charge in [-0.25, -0.2) is 17.9 Å². The standard InChI is InChI=1S/C25H30N6O7S/c32-22-15-29(23(33)34)18-25(16-26-39(37,38)21-9-5-4-8-20(21)31(35)36)27-24(17-30(22)25)10-12-28(13-11-24)14-19-6-2-1-3-7-19/h1-9,26-27H,10-18H2,(H,33,34). The fourth-order valence-corrected chi connectivity index (χ4v) is 7.11. The summed E-state index contributed by atoms with van der Waals surface area (Å²) in [6, 6.07) is 15.1. The van der Waals surface area contributed by atoms with E-state index in [-0.39, 0.29) is 19.6 Å². The van der Waals surface area contributed by atoms with Crippen LogP contribution in [0.15, 0.2) is 59.5 Å². The molecule has 2 aromatic rings. The van der Waals surface area contributed by atoms with Crippen LogP contribution < -0.4 is 10.0 Å². The zero-order valence-corrected chi connectivity index (χ0v) is 22.0. The Bertz CT molecular complexity index is 1380. The van der Waals surface area contributed by atoms with Crippen molar-refractivity contribution in [2.45, 2.75) is 35.5 Å². The number of fused-ring (bicyclic) bond motifs is 1.